The fraction of sp³-hybridized carbons (Fsp3) is 0.300. The number of benzene rings is 2. The molecule has 154 valence electrons. The maximum Gasteiger partial charge on any atom is 0.258 e. The van der Waals surface area contributed by atoms with E-state index in [1.54, 1.807) is 12.1 Å². The normalized spacial score (nSPS) is 14.6. The van der Waals surface area contributed by atoms with Crippen LogP contribution in [0.4, 0.5) is 8.78 Å². The topological polar surface area (TPSA) is 58.6 Å². The number of ether oxygens (including phenoxy) is 1. The van der Waals surface area contributed by atoms with Crippen molar-refractivity contribution < 1.29 is 23.1 Å². The summed E-state index contributed by atoms with van der Waals surface area (Å²) < 4.78 is 32.2. The Bertz CT molecular complexity index is 919. The number of hydrogen-bond donors (Lipinski definition) is 1. The second-order valence-electron chi connectivity index (χ2n) is 6.62. The van der Waals surface area contributed by atoms with E-state index < -0.39 is 17.5 Å². The first kappa shape index (κ1) is 21.3. The highest BCUT2D eigenvalue weighted by molar-refractivity contribution is 6.35. The lowest BCUT2D eigenvalue weighted by Crippen LogP contribution is -2.47. The summed E-state index contributed by atoms with van der Waals surface area (Å²) in [4.78, 5) is 26.0. The summed E-state index contributed by atoms with van der Waals surface area (Å²) in [5.41, 5.74) is -0.165. The number of amides is 2. The van der Waals surface area contributed by atoms with Crippen molar-refractivity contribution >= 4 is 35.0 Å². The molecule has 0 radical (unpaired) electrons. The van der Waals surface area contributed by atoms with E-state index in [1.807, 2.05) is 0 Å². The molecule has 1 heterocycles. The van der Waals surface area contributed by atoms with Crippen molar-refractivity contribution in [2.24, 2.45) is 0 Å². The van der Waals surface area contributed by atoms with Crippen LogP contribution in [0, 0.1) is 11.6 Å². The standard InChI is InChI=1S/C20H18Cl2F2N2O3/c21-12-1-4-18(16(22)9-12)29-11-19(27)25-14-5-7-26(8-6-14)20(28)15-3-2-13(23)10-17(15)24/h1-4,9-10,14H,5-8,11H2,(H,25,27). The van der Waals surface area contributed by atoms with Gasteiger partial charge in [0.15, 0.2) is 6.61 Å². The average molecular weight is 443 g/mol. The molecule has 3 rings (SSSR count). The molecule has 0 aliphatic carbocycles. The van der Waals surface area contributed by atoms with Crippen LogP contribution in [0.3, 0.4) is 0 Å². The van der Waals surface area contributed by atoms with Gasteiger partial charge in [0.2, 0.25) is 0 Å². The van der Waals surface area contributed by atoms with Crippen molar-refractivity contribution in [2.45, 2.75) is 18.9 Å². The lowest BCUT2D eigenvalue weighted by molar-refractivity contribution is -0.124. The molecule has 1 saturated heterocycles. The molecule has 5 nitrogen and oxygen atoms in total. The summed E-state index contributed by atoms with van der Waals surface area (Å²) in [6, 6.07) is 7.46. The van der Waals surface area contributed by atoms with Crippen LogP contribution in [0.15, 0.2) is 36.4 Å². The minimum atomic E-state index is -0.886. The number of piperidine rings is 1. The van der Waals surface area contributed by atoms with Crippen molar-refractivity contribution in [3.8, 4) is 5.75 Å². The van der Waals surface area contributed by atoms with Crippen molar-refractivity contribution in [3.63, 3.8) is 0 Å². The van der Waals surface area contributed by atoms with E-state index in [2.05, 4.69) is 5.32 Å². The molecule has 0 aromatic heterocycles. The molecule has 0 spiro atoms. The molecule has 0 atom stereocenters. The summed E-state index contributed by atoms with van der Waals surface area (Å²) in [5, 5.41) is 3.62. The Balaban J connectivity index is 1.46. The molecule has 2 aromatic rings. The van der Waals surface area contributed by atoms with E-state index in [0.717, 1.165) is 12.1 Å². The van der Waals surface area contributed by atoms with Crippen molar-refractivity contribution in [2.75, 3.05) is 19.7 Å². The average Bonchev–Trinajstić information content (AvgIpc) is 2.67. The number of likely N-dealkylation sites (tertiary alicyclic amines) is 1. The Morgan fingerprint density at radius 3 is 2.48 bits per heavy atom. The zero-order valence-corrected chi connectivity index (χ0v) is 16.8. The Kier molecular flexibility index (Phi) is 6.92. The zero-order valence-electron chi connectivity index (χ0n) is 15.3. The van der Waals surface area contributed by atoms with Crippen molar-refractivity contribution in [1.82, 2.24) is 10.2 Å². The van der Waals surface area contributed by atoms with E-state index in [-0.39, 0.29) is 24.1 Å². The lowest BCUT2D eigenvalue weighted by atomic mass is 10.0. The fourth-order valence-electron chi connectivity index (χ4n) is 3.07. The highest BCUT2D eigenvalue weighted by Gasteiger charge is 2.26. The van der Waals surface area contributed by atoms with Crippen LogP contribution in [0.1, 0.15) is 23.2 Å². The zero-order chi connectivity index (χ0) is 21.0. The van der Waals surface area contributed by atoms with Gasteiger partial charge >= 0.3 is 0 Å². The van der Waals surface area contributed by atoms with Crippen LogP contribution >= 0.6 is 23.2 Å². The summed E-state index contributed by atoms with van der Waals surface area (Å²) in [6.45, 7) is 0.496. The number of rotatable bonds is 5. The smallest absolute Gasteiger partial charge is 0.258 e. The predicted octanol–water partition coefficient (Wildman–Crippen LogP) is 4.07. The molecule has 2 amide bonds. The van der Waals surface area contributed by atoms with Gasteiger partial charge < -0.3 is 15.0 Å². The van der Waals surface area contributed by atoms with Crippen molar-refractivity contribution in [3.05, 3.63) is 63.6 Å². The van der Waals surface area contributed by atoms with Gasteiger partial charge in [-0.3, -0.25) is 9.59 Å². The van der Waals surface area contributed by atoms with Gasteiger partial charge in [-0.25, -0.2) is 8.78 Å². The van der Waals surface area contributed by atoms with Crippen LogP contribution in [0.25, 0.3) is 0 Å². The highest BCUT2D eigenvalue weighted by Crippen LogP contribution is 2.27. The van der Waals surface area contributed by atoms with Gasteiger partial charge in [-0.1, -0.05) is 23.2 Å². The van der Waals surface area contributed by atoms with Gasteiger partial charge in [0, 0.05) is 30.2 Å². The molecule has 1 N–H and O–H groups in total. The molecule has 1 fully saturated rings. The van der Waals surface area contributed by atoms with E-state index in [9.17, 15) is 18.4 Å². The summed E-state index contributed by atoms with van der Waals surface area (Å²) in [7, 11) is 0. The number of nitrogens with zero attached hydrogens (tertiary/aromatic N) is 1. The third kappa shape index (κ3) is 5.58. The number of carbonyl (C=O) groups excluding carboxylic acids is 2. The van der Waals surface area contributed by atoms with E-state index in [4.69, 9.17) is 27.9 Å². The molecule has 9 heteroatoms. The van der Waals surface area contributed by atoms with Crippen LogP contribution in [-0.2, 0) is 4.79 Å². The number of nitrogens with one attached hydrogen (secondary N) is 1. The Labute approximate surface area is 176 Å². The maximum absolute atomic E-state index is 13.8. The third-order valence-electron chi connectivity index (χ3n) is 4.56. The first-order chi connectivity index (χ1) is 13.8. The second-order valence-corrected chi connectivity index (χ2v) is 7.47. The van der Waals surface area contributed by atoms with Crippen LogP contribution in [-0.4, -0.2) is 42.5 Å². The molecular weight excluding hydrogens is 425 g/mol. The van der Waals surface area contributed by atoms with Crippen LogP contribution in [0.5, 0.6) is 5.75 Å². The molecule has 0 bridgehead atoms. The Morgan fingerprint density at radius 2 is 1.83 bits per heavy atom. The van der Waals surface area contributed by atoms with Gasteiger partial charge in [-0.15, -0.1) is 0 Å². The van der Waals surface area contributed by atoms with Gasteiger partial charge in [0.05, 0.1) is 10.6 Å². The third-order valence-corrected chi connectivity index (χ3v) is 5.09. The highest BCUT2D eigenvalue weighted by atomic mass is 35.5. The fourth-order valence-corrected chi connectivity index (χ4v) is 3.53. The summed E-state index contributed by atoms with van der Waals surface area (Å²) in [5.74, 6) is -2.07. The van der Waals surface area contributed by atoms with Crippen LogP contribution < -0.4 is 10.1 Å². The molecule has 2 aromatic carbocycles. The Morgan fingerprint density at radius 1 is 1.10 bits per heavy atom. The van der Waals surface area contributed by atoms with Gasteiger partial charge in [-0.2, -0.15) is 0 Å². The minimum absolute atomic E-state index is 0.131. The SMILES string of the molecule is O=C(COc1ccc(Cl)cc1Cl)NC1CCN(C(=O)c2ccc(F)cc2F)CC1. The molecule has 0 unspecified atom stereocenters. The molecule has 1 aliphatic heterocycles. The van der Waals surface area contributed by atoms with E-state index in [0.29, 0.717) is 47.8 Å². The second kappa shape index (κ2) is 9.41. The first-order valence-corrected chi connectivity index (χ1v) is 9.70. The predicted molar refractivity (Wildman–Crippen MR) is 105 cm³/mol. The van der Waals surface area contributed by atoms with Gasteiger partial charge in [0.25, 0.3) is 11.8 Å². The molecule has 1 aliphatic rings. The van der Waals surface area contributed by atoms with E-state index >= 15 is 0 Å². The van der Waals surface area contributed by atoms with Gasteiger partial charge in [0.1, 0.15) is 17.4 Å². The van der Waals surface area contributed by atoms with E-state index in [1.165, 1.54) is 11.0 Å². The van der Waals surface area contributed by atoms with Gasteiger partial charge in [-0.05, 0) is 43.2 Å². The largest absolute Gasteiger partial charge is 0.482 e. The lowest BCUT2D eigenvalue weighted by Gasteiger charge is -2.32. The number of carbonyl (C=O) groups is 2. The molecular formula is C20H18Cl2F2N2O3. The summed E-state index contributed by atoms with van der Waals surface area (Å²) in [6.07, 6.45) is 1.03. The summed E-state index contributed by atoms with van der Waals surface area (Å²) >= 11 is 11.8. The van der Waals surface area contributed by atoms with Crippen molar-refractivity contribution in [1.29, 1.82) is 0 Å². The Hall–Kier alpha value is -2.38. The molecule has 29 heavy (non-hydrogen) atoms. The van der Waals surface area contributed by atoms with Crippen LogP contribution in [0.2, 0.25) is 10.0 Å². The monoisotopic (exact) mass is 442 g/mol. The minimum Gasteiger partial charge on any atom is -0.482 e. The molecule has 0 saturated carbocycles. The first-order valence-electron chi connectivity index (χ1n) is 8.95. The number of hydrogen-bond acceptors (Lipinski definition) is 3. The number of halogens is 4. The quantitative estimate of drug-likeness (QED) is 0.758. The maximum atomic E-state index is 13.8.